The molecule has 0 aromatic carbocycles. The highest BCUT2D eigenvalue weighted by molar-refractivity contribution is 5.78. The van der Waals surface area contributed by atoms with Gasteiger partial charge in [0.2, 0.25) is 11.8 Å². The molecular weight excluding hydrogens is 358 g/mol. The summed E-state index contributed by atoms with van der Waals surface area (Å²) in [5.74, 6) is 1.36. The van der Waals surface area contributed by atoms with Crippen molar-refractivity contribution in [3.05, 3.63) is 17.6 Å². The molecule has 8 nitrogen and oxygen atoms in total. The lowest BCUT2D eigenvalue weighted by Gasteiger charge is -2.35. The third-order valence-electron chi connectivity index (χ3n) is 4.84. The average molecular weight is 392 g/mol. The van der Waals surface area contributed by atoms with E-state index in [0.29, 0.717) is 18.9 Å². The quantitative estimate of drug-likeness (QED) is 0.707. The molecule has 1 atom stereocenters. The third kappa shape index (κ3) is 5.89. The first-order valence-electron chi connectivity index (χ1n) is 9.87. The van der Waals surface area contributed by atoms with E-state index in [4.69, 9.17) is 14.7 Å². The number of rotatable bonds is 7. The highest BCUT2D eigenvalue weighted by Crippen LogP contribution is 2.30. The van der Waals surface area contributed by atoms with Crippen LogP contribution < -0.4 is 4.90 Å². The fourth-order valence-electron chi connectivity index (χ4n) is 3.14. The molecule has 1 aliphatic rings. The SMILES string of the molecule is CC(=O)N(C)Cc1cc(N(C)C)nc([C@H]2CCCCN2C(=O)COC(C)C)n1. The molecule has 0 bridgehead atoms. The number of nitrogens with zero attached hydrogens (tertiary/aromatic N) is 5. The first-order chi connectivity index (χ1) is 13.2. The Kier molecular flexibility index (Phi) is 7.74. The molecule has 1 saturated heterocycles. The summed E-state index contributed by atoms with van der Waals surface area (Å²) in [6, 6.07) is 1.72. The summed E-state index contributed by atoms with van der Waals surface area (Å²) in [7, 11) is 5.59. The first kappa shape index (κ1) is 22.1. The van der Waals surface area contributed by atoms with Crippen molar-refractivity contribution in [1.29, 1.82) is 0 Å². The fourth-order valence-corrected chi connectivity index (χ4v) is 3.14. The van der Waals surface area contributed by atoms with Crippen molar-refractivity contribution < 1.29 is 14.3 Å². The summed E-state index contributed by atoms with van der Waals surface area (Å²) in [5, 5.41) is 0. The smallest absolute Gasteiger partial charge is 0.249 e. The molecule has 28 heavy (non-hydrogen) atoms. The lowest BCUT2D eigenvalue weighted by Crippen LogP contribution is -2.41. The zero-order valence-electron chi connectivity index (χ0n) is 17.9. The topological polar surface area (TPSA) is 78.9 Å². The van der Waals surface area contributed by atoms with Crippen LogP contribution in [0.4, 0.5) is 5.82 Å². The monoisotopic (exact) mass is 391 g/mol. The van der Waals surface area contributed by atoms with Crippen LogP contribution in [0.2, 0.25) is 0 Å². The molecule has 0 spiro atoms. The van der Waals surface area contributed by atoms with Crippen LogP contribution in [0.25, 0.3) is 0 Å². The molecule has 1 aromatic rings. The van der Waals surface area contributed by atoms with Gasteiger partial charge in [0.1, 0.15) is 12.4 Å². The molecule has 0 saturated carbocycles. The minimum absolute atomic E-state index is 0.00855. The molecule has 1 aliphatic heterocycles. The van der Waals surface area contributed by atoms with Crippen molar-refractivity contribution in [3.63, 3.8) is 0 Å². The van der Waals surface area contributed by atoms with Gasteiger partial charge in [0, 0.05) is 40.7 Å². The number of ether oxygens (including phenoxy) is 1. The summed E-state index contributed by atoms with van der Waals surface area (Å²) in [4.78, 5) is 39.2. The van der Waals surface area contributed by atoms with Crippen LogP contribution in [0, 0.1) is 0 Å². The molecule has 0 N–H and O–H groups in total. The van der Waals surface area contributed by atoms with Crippen molar-refractivity contribution in [2.75, 3.05) is 39.2 Å². The van der Waals surface area contributed by atoms with Gasteiger partial charge in [-0.1, -0.05) is 0 Å². The van der Waals surface area contributed by atoms with Gasteiger partial charge in [0.05, 0.1) is 24.4 Å². The van der Waals surface area contributed by atoms with Gasteiger partial charge in [-0.15, -0.1) is 0 Å². The molecule has 2 heterocycles. The van der Waals surface area contributed by atoms with Gasteiger partial charge in [0.15, 0.2) is 5.82 Å². The number of hydrogen-bond acceptors (Lipinski definition) is 6. The van der Waals surface area contributed by atoms with E-state index in [1.54, 1.807) is 11.9 Å². The summed E-state index contributed by atoms with van der Waals surface area (Å²) in [6.45, 7) is 6.53. The summed E-state index contributed by atoms with van der Waals surface area (Å²) in [6.07, 6.45) is 2.83. The highest BCUT2D eigenvalue weighted by atomic mass is 16.5. The minimum atomic E-state index is -0.168. The van der Waals surface area contributed by atoms with Crippen LogP contribution in [0.3, 0.4) is 0 Å². The molecule has 0 aliphatic carbocycles. The number of aromatic nitrogens is 2. The number of piperidine rings is 1. The van der Waals surface area contributed by atoms with E-state index in [0.717, 1.165) is 30.8 Å². The maximum Gasteiger partial charge on any atom is 0.249 e. The molecular formula is C20H33N5O3. The van der Waals surface area contributed by atoms with Crippen LogP contribution in [0.15, 0.2) is 6.07 Å². The second-order valence-electron chi connectivity index (χ2n) is 7.80. The Bertz CT molecular complexity index is 692. The van der Waals surface area contributed by atoms with E-state index >= 15 is 0 Å². The van der Waals surface area contributed by atoms with Crippen molar-refractivity contribution >= 4 is 17.6 Å². The number of anilines is 1. The Morgan fingerprint density at radius 1 is 1.25 bits per heavy atom. The van der Waals surface area contributed by atoms with Crippen molar-refractivity contribution in [2.45, 2.75) is 58.7 Å². The molecule has 1 aromatic heterocycles. The number of likely N-dealkylation sites (tertiary alicyclic amines) is 1. The van der Waals surface area contributed by atoms with Crippen LogP contribution in [-0.2, 0) is 20.9 Å². The highest BCUT2D eigenvalue weighted by Gasteiger charge is 2.31. The van der Waals surface area contributed by atoms with Gasteiger partial charge in [0.25, 0.3) is 0 Å². The van der Waals surface area contributed by atoms with Crippen LogP contribution in [0.5, 0.6) is 0 Å². The number of carbonyl (C=O) groups excluding carboxylic acids is 2. The molecule has 2 amide bonds. The minimum Gasteiger partial charge on any atom is -0.369 e. The summed E-state index contributed by atoms with van der Waals surface area (Å²) < 4.78 is 5.52. The first-order valence-corrected chi connectivity index (χ1v) is 9.87. The molecule has 2 rings (SSSR count). The van der Waals surface area contributed by atoms with Crippen LogP contribution >= 0.6 is 0 Å². The number of carbonyl (C=O) groups is 2. The second kappa shape index (κ2) is 9.82. The van der Waals surface area contributed by atoms with Crippen molar-refractivity contribution in [2.24, 2.45) is 0 Å². The van der Waals surface area contributed by atoms with E-state index in [9.17, 15) is 9.59 Å². The lowest BCUT2D eigenvalue weighted by molar-refractivity contribution is -0.141. The maximum atomic E-state index is 12.7. The standard InChI is InChI=1S/C20H33N5O3/c1-14(2)28-13-19(27)25-10-8-7-9-17(25)20-21-16(12-24(6)15(3)26)11-18(22-20)23(4)5/h11,14,17H,7-10,12-13H2,1-6H3/t17-/m1/s1. The predicted molar refractivity (Wildman–Crippen MR) is 108 cm³/mol. The van der Waals surface area contributed by atoms with E-state index in [1.807, 2.05) is 43.8 Å². The Morgan fingerprint density at radius 2 is 1.96 bits per heavy atom. The van der Waals surface area contributed by atoms with Gasteiger partial charge in [-0.25, -0.2) is 9.97 Å². The number of hydrogen-bond donors (Lipinski definition) is 0. The van der Waals surface area contributed by atoms with E-state index < -0.39 is 0 Å². The van der Waals surface area contributed by atoms with E-state index in [1.165, 1.54) is 6.92 Å². The van der Waals surface area contributed by atoms with Gasteiger partial charge < -0.3 is 19.4 Å². The Labute approximate surface area is 167 Å². The second-order valence-corrected chi connectivity index (χ2v) is 7.80. The van der Waals surface area contributed by atoms with Crippen LogP contribution in [0.1, 0.15) is 57.6 Å². The lowest BCUT2D eigenvalue weighted by atomic mass is 10.0. The van der Waals surface area contributed by atoms with Gasteiger partial charge >= 0.3 is 0 Å². The predicted octanol–water partition coefficient (Wildman–Crippen LogP) is 2.00. The van der Waals surface area contributed by atoms with E-state index in [2.05, 4.69) is 0 Å². The van der Waals surface area contributed by atoms with Gasteiger partial charge in [-0.2, -0.15) is 0 Å². The molecule has 1 fully saturated rings. The summed E-state index contributed by atoms with van der Waals surface area (Å²) in [5.41, 5.74) is 0.766. The molecule has 0 unspecified atom stereocenters. The van der Waals surface area contributed by atoms with Crippen molar-refractivity contribution in [3.8, 4) is 0 Å². The van der Waals surface area contributed by atoms with Gasteiger partial charge in [-0.05, 0) is 33.1 Å². The van der Waals surface area contributed by atoms with E-state index in [-0.39, 0.29) is 30.6 Å². The maximum absolute atomic E-state index is 12.7. The Balaban J connectivity index is 2.32. The van der Waals surface area contributed by atoms with Gasteiger partial charge in [-0.3, -0.25) is 9.59 Å². The molecule has 156 valence electrons. The largest absolute Gasteiger partial charge is 0.369 e. The third-order valence-corrected chi connectivity index (χ3v) is 4.84. The van der Waals surface area contributed by atoms with Crippen LogP contribution in [-0.4, -0.2) is 72.0 Å². The Morgan fingerprint density at radius 3 is 2.57 bits per heavy atom. The number of amides is 2. The normalized spacial score (nSPS) is 17.0. The zero-order chi connectivity index (χ0) is 20.8. The van der Waals surface area contributed by atoms with Crippen molar-refractivity contribution in [1.82, 2.24) is 19.8 Å². The zero-order valence-corrected chi connectivity index (χ0v) is 17.9. The average Bonchev–Trinajstić information content (AvgIpc) is 2.65. The molecule has 8 heteroatoms. The molecule has 0 radical (unpaired) electrons. The Hall–Kier alpha value is -2.22. The summed E-state index contributed by atoms with van der Waals surface area (Å²) >= 11 is 0. The fraction of sp³-hybridized carbons (Fsp3) is 0.700.